The number of ether oxygens (including phenoxy) is 1. The minimum Gasteiger partial charge on any atom is -0.494 e. The predicted octanol–water partition coefficient (Wildman–Crippen LogP) is 5.76. The maximum absolute atomic E-state index is 12.1. The first-order valence-electron chi connectivity index (χ1n) is 9.20. The van der Waals surface area contributed by atoms with E-state index in [1.165, 1.54) is 22.1 Å². The summed E-state index contributed by atoms with van der Waals surface area (Å²) in [6.07, 6.45) is 1.06. The number of rotatable bonds is 7. The fourth-order valence-corrected chi connectivity index (χ4v) is 3.67. The van der Waals surface area contributed by atoms with Crippen LogP contribution in [-0.4, -0.2) is 17.5 Å². The summed E-state index contributed by atoms with van der Waals surface area (Å²) in [5, 5.41) is 7.85. The fraction of sp³-hybridized carbons (Fsp3) is 0.130. The van der Waals surface area contributed by atoms with Crippen LogP contribution in [0.3, 0.4) is 0 Å². The highest BCUT2D eigenvalue weighted by Gasteiger charge is 2.09. The number of carbonyl (C=O) groups is 1. The van der Waals surface area contributed by atoms with E-state index in [2.05, 4.69) is 40.6 Å². The second kappa shape index (κ2) is 8.67. The van der Waals surface area contributed by atoms with E-state index in [1.54, 1.807) is 0 Å². The van der Waals surface area contributed by atoms with Crippen LogP contribution in [0, 0.1) is 0 Å². The number of thiazole rings is 1. The van der Waals surface area contributed by atoms with Gasteiger partial charge in [0.2, 0.25) is 5.91 Å². The van der Waals surface area contributed by atoms with Crippen LogP contribution in [0.4, 0.5) is 5.13 Å². The van der Waals surface area contributed by atoms with Gasteiger partial charge in [0.15, 0.2) is 5.13 Å². The van der Waals surface area contributed by atoms with Crippen molar-refractivity contribution in [3.63, 3.8) is 0 Å². The van der Waals surface area contributed by atoms with Crippen LogP contribution in [0.5, 0.6) is 5.75 Å². The van der Waals surface area contributed by atoms with Gasteiger partial charge in [-0.2, -0.15) is 0 Å². The second-order valence-electron chi connectivity index (χ2n) is 6.41. The van der Waals surface area contributed by atoms with Crippen molar-refractivity contribution in [3.05, 3.63) is 78.2 Å². The van der Waals surface area contributed by atoms with E-state index < -0.39 is 0 Å². The molecular formula is C23H20N2O2S. The number of carbonyl (C=O) groups excluding carboxylic acids is 1. The average Bonchev–Trinajstić information content (AvgIpc) is 3.20. The SMILES string of the molecule is O=C(CCCOc1ccccc1)Nc1nc(-c2ccc3ccccc3c2)cs1. The molecular weight excluding hydrogens is 368 g/mol. The Bertz CT molecular complexity index is 1080. The van der Waals surface area contributed by atoms with Gasteiger partial charge in [-0.05, 0) is 35.4 Å². The monoisotopic (exact) mass is 388 g/mol. The lowest BCUT2D eigenvalue weighted by molar-refractivity contribution is -0.116. The number of hydrogen-bond acceptors (Lipinski definition) is 4. The molecule has 0 unspecified atom stereocenters. The van der Waals surface area contributed by atoms with Crippen molar-refractivity contribution in [1.82, 2.24) is 4.98 Å². The lowest BCUT2D eigenvalue weighted by atomic mass is 10.1. The van der Waals surface area contributed by atoms with E-state index in [0.29, 0.717) is 24.6 Å². The topological polar surface area (TPSA) is 51.2 Å². The molecule has 4 rings (SSSR count). The summed E-state index contributed by atoms with van der Waals surface area (Å²) >= 11 is 1.44. The molecule has 140 valence electrons. The first-order chi connectivity index (χ1) is 13.8. The molecule has 5 heteroatoms. The summed E-state index contributed by atoms with van der Waals surface area (Å²) in [6, 6.07) is 24.1. The predicted molar refractivity (Wildman–Crippen MR) is 115 cm³/mol. The molecule has 0 bridgehead atoms. The number of benzene rings is 3. The molecule has 0 radical (unpaired) electrons. The van der Waals surface area contributed by atoms with Crippen LogP contribution in [-0.2, 0) is 4.79 Å². The van der Waals surface area contributed by atoms with E-state index in [-0.39, 0.29) is 5.91 Å². The van der Waals surface area contributed by atoms with E-state index in [0.717, 1.165) is 17.0 Å². The highest BCUT2D eigenvalue weighted by Crippen LogP contribution is 2.27. The minimum absolute atomic E-state index is 0.0453. The molecule has 0 saturated carbocycles. The van der Waals surface area contributed by atoms with E-state index in [4.69, 9.17) is 4.74 Å². The van der Waals surface area contributed by atoms with Crippen LogP contribution >= 0.6 is 11.3 Å². The maximum atomic E-state index is 12.1. The summed E-state index contributed by atoms with van der Waals surface area (Å²) in [6.45, 7) is 0.512. The molecule has 28 heavy (non-hydrogen) atoms. The first-order valence-corrected chi connectivity index (χ1v) is 10.1. The highest BCUT2D eigenvalue weighted by atomic mass is 32.1. The Morgan fingerprint density at radius 2 is 1.75 bits per heavy atom. The van der Waals surface area contributed by atoms with E-state index in [1.807, 2.05) is 47.8 Å². The van der Waals surface area contributed by atoms with Crippen molar-refractivity contribution in [2.75, 3.05) is 11.9 Å². The van der Waals surface area contributed by atoms with Gasteiger partial charge in [0.25, 0.3) is 0 Å². The number of nitrogens with one attached hydrogen (secondary N) is 1. The second-order valence-corrected chi connectivity index (χ2v) is 7.27. The largest absolute Gasteiger partial charge is 0.494 e. The quantitative estimate of drug-likeness (QED) is 0.409. The molecule has 1 amide bonds. The van der Waals surface area contributed by atoms with E-state index >= 15 is 0 Å². The van der Waals surface area contributed by atoms with Gasteiger partial charge in [0.05, 0.1) is 12.3 Å². The molecule has 0 spiro atoms. The molecule has 0 aliphatic rings. The van der Waals surface area contributed by atoms with Gasteiger partial charge in [-0.3, -0.25) is 4.79 Å². The van der Waals surface area contributed by atoms with Gasteiger partial charge in [-0.25, -0.2) is 4.98 Å². The molecule has 0 fully saturated rings. The van der Waals surface area contributed by atoms with Gasteiger partial charge in [-0.15, -0.1) is 11.3 Å². The fourth-order valence-electron chi connectivity index (χ4n) is 2.93. The van der Waals surface area contributed by atoms with Gasteiger partial charge in [-0.1, -0.05) is 54.6 Å². The summed E-state index contributed by atoms with van der Waals surface area (Å²) in [4.78, 5) is 16.7. The van der Waals surface area contributed by atoms with Gasteiger partial charge in [0, 0.05) is 17.4 Å². The summed E-state index contributed by atoms with van der Waals surface area (Å²) < 4.78 is 5.61. The molecule has 0 saturated heterocycles. The number of nitrogens with zero attached hydrogens (tertiary/aromatic N) is 1. The number of aromatic nitrogens is 1. The van der Waals surface area contributed by atoms with Crippen molar-refractivity contribution in [2.45, 2.75) is 12.8 Å². The maximum Gasteiger partial charge on any atom is 0.226 e. The molecule has 1 N–H and O–H groups in total. The van der Waals surface area contributed by atoms with Gasteiger partial charge in [0.1, 0.15) is 5.75 Å². The number of hydrogen-bond donors (Lipinski definition) is 1. The minimum atomic E-state index is -0.0453. The van der Waals surface area contributed by atoms with Gasteiger partial charge >= 0.3 is 0 Å². The smallest absolute Gasteiger partial charge is 0.226 e. The Morgan fingerprint density at radius 1 is 0.964 bits per heavy atom. The summed E-state index contributed by atoms with van der Waals surface area (Å²) in [7, 11) is 0. The van der Waals surface area contributed by atoms with Crippen LogP contribution in [0.1, 0.15) is 12.8 Å². The third-order valence-corrected chi connectivity index (χ3v) is 5.11. The standard InChI is InChI=1S/C23H20N2O2S/c26-22(11-6-14-27-20-9-2-1-3-10-20)25-23-24-21(16-28-23)19-13-12-17-7-4-5-8-18(17)15-19/h1-5,7-10,12-13,15-16H,6,11,14H2,(H,24,25,26). The normalized spacial score (nSPS) is 10.7. The molecule has 0 aliphatic heterocycles. The average molecular weight is 388 g/mol. The molecule has 4 aromatic rings. The van der Waals surface area contributed by atoms with E-state index in [9.17, 15) is 4.79 Å². The third-order valence-electron chi connectivity index (χ3n) is 4.36. The lowest BCUT2D eigenvalue weighted by Crippen LogP contribution is -2.12. The molecule has 1 heterocycles. The lowest BCUT2D eigenvalue weighted by Gasteiger charge is -2.05. The Labute approximate surface area is 167 Å². The number of amides is 1. The molecule has 1 aromatic heterocycles. The first kappa shape index (κ1) is 18.2. The van der Waals surface area contributed by atoms with Crippen molar-refractivity contribution >= 4 is 33.1 Å². The van der Waals surface area contributed by atoms with Crippen LogP contribution in [0.15, 0.2) is 78.2 Å². The Morgan fingerprint density at radius 3 is 2.61 bits per heavy atom. The molecule has 4 nitrogen and oxygen atoms in total. The highest BCUT2D eigenvalue weighted by molar-refractivity contribution is 7.14. The third kappa shape index (κ3) is 4.56. The summed E-state index contributed by atoms with van der Waals surface area (Å²) in [5.74, 6) is 0.777. The molecule has 0 atom stereocenters. The Balaban J connectivity index is 1.30. The van der Waals surface area contributed by atoms with Crippen LogP contribution < -0.4 is 10.1 Å². The van der Waals surface area contributed by atoms with Crippen molar-refractivity contribution in [3.8, 4) is 17.0 Å². The number of anilines is 1. The van der Waals surface area contributed by atoms with Crippen molar-refractivity contribution in [1.29, 1.82) is 0 Å². The van der Waals surface area contributed by atoms with Gasteiger partial charge < -0.3 is 10.1 Å². The van der Waals surface area contributed by atoms with Crippen LogP contribution in [0.2, 0.25) is 0 Å². The molecule has 0 aliphatic carbocycles. The molecule has 3 aromatic carbocycles. The van der Waals surface area contributed by atoms with Crippen molar-refractivity contribution in [2.24, 2.45) is 0 Å². The zero-order chi connectivity index (χ0) is 19.2. The Kier molecular flexibility index (Phi) is 5.64. The number of para-hydroxylation sites is 1. The summed E-state index contributed by atoms with van der Waals surface area (Å²) in [5.41, 5.74) is 1.92. The van der Waals surface area contributed by atoms with Crippen molar-refractivity contribution < 1.29 is 9.53 Å². The Hall–Kier alpha value is -3.18. The zero-order valence-electron chi connectivity index (χ0n) is 15.3. The number of fused-ring (bicyclic) bond motifs is 1. The van der Waals surface area contributed by atoms with Crippen LogP contribution in [0.25, 0.3) is 22.0 Å². The zero-order valence-corrected chi connectivity index (χ0v) is 16.1.